The van der Waals surface area contributed by atoms with Gasteiger partial charge in [0.2, 0.25) is 0 Å². The van der Waals surface area contributed by atoms with Crippen molar-refractivity contribution >= 4 is 151 Å². The third-order valence-electron chi connectivity index (χ3n) is 27.2. The molecule has 13 heterocycles. The molecule has 0 saturated heterocycles. The highest BCUT2D eigenvalue weighted by atomic mass is 15.1. The van der Waals surface area contributed by atoms with Crippen LogP contribution in [0.5, 0.6) is 0 Å². The van der Waals surface area contributed by atoms with Crippen LogP contribution in [0.2, 0.25) is 0 Å². The van der Waals surface area contributed by atoms with Crippen LogP contribution in [0.1, 0.15) is 0 Å². The molecular formula is C127H75N19. The van der Waals surface area contributed by atoms with Gasteiger partial charge in [-0.2, -0.15) is 0 Å². The zero-order valence-corrected chi connectivity index (χ0v) is 77.8. The molecule has 0 aliphatic carbocycles. The van der Waals surface area contributed by atoms with E-state index in [0.29, 0.717) is 80.9 Å². The van der Waals surface area contributed by atoms with Gasteiger partial charge in [0.1, 0.15) is 28.5 Å². The van der Waals surface area contributed by atoms with Crippen molar-refractivity contribution in [1.29, 1.82) is 0 Å². The summed E-state index contributed by atoms with van der Waals surface area (Å²) in [5, 5.41) is 27.6. The van der Waals surface area contributed by atoms with Gasteiger partial charge < -0.3 is 0 Å². The summed E-state index contributed by atoms with van der Waals surface area (Å²) in [6, 6.07) is 137. The molecule has 19 heteroatoms. The topological polar surface area (TPSA) is 245 Å². The molecule has 29 rings (SSSR count). The smallest absolute Gasteiger partial charge is 0.183 e. The molecule has 0 spiro atoms. The Morgan fingerprint density at radius 1 is 0.130 bits per heavy atom. The molecule has 0 saturated carbocycles. The summed E-state index contributed by atoms with van der Waals surface area (Å²) >= 11 is 0. The minimum Gasteiger partial charge on any atom is -0.264 e. The Morgan fingerprint density at radius 2 is 0.404 bits per heavy atom. The normalized spacial score (nSPS) is 11.6. The van der Waals surface area contributed by atoms with Crippen LogP contribution in [-0.4, -0.2) is 94.7 Å². The van der Waals surface area contributed by atoms with Crippen LogP contribution in [0.4, 0.5) is 0 Å². The summed E-state index contributed by atoms with van der Waals surface area (Å²) < 4.78 is 0. The SMILES string of the molecule is c1ccc(-c2nc(-c3ccccn3)nc(-c3ncc(-c4nc5ccccc5c5c4ccc4ccccc45)c4ccccc34)n2)nc1.c1ccc2c(-c3nc(-c4cccc5ccccc45)nc(-c4ncc(-c5nc6ccccc6c6c5ccc5ccccc56)c5ccccc45)n3)cccc2c1.c1cncc(-c2nc(-c3cccnc3)nc(-c3ncc(-c4nc5ccccc5c5c4ccc4ccccc45)c4ccccc34)n2)c1. The van der Waals surface area contributed by atoms with Gasteiger partial charge in [-0.25, -0.2) is 59.8 Å². The van der Waals surface area contributed by atoms with E-state index in [-0.39, 0.29) is 0 Å². The Morgan fingerprint density at radius 3 is 0.747 bits per heavy atom. The molecule has 0 amide bonds. The van der Waals surface area contributed by atoms with Crippen LogP contribution in [-0.2, 0) is 0 Å². The number of hydrogen-bond donors (Lipinski definition) is 0. The van der Waals surface area contributed by atoms with Gasteiger partial charge in [0.05, 0.1) is 33.6 Å². The van der Waals surface area contributed by atoms with Gasteiger partial charge in [-0.3, -0.25) is 34.9 Å². The zero-order chi connectivity index (χ0) is 96.5. The Kier molecular flexibility index (Phi) is 21.0. The van der Waals surface area contributed by atoms with Crippen LogP contribution >= 0.6 is 0 Å². The highest BCUT2D eigenvalue weighted by Gasteiger charge is 2.27. The number of para-hydroxylation sites is 3. The number of fused-ring (bicyclic) bond motifs is 20. The second-order valence-corrected chi connectivity index (χ2v) is 35.6. The molecule has 0 N–H and O–H groups in total. The van der Waals surface area contributed by atoms with Gasteiger partial charge in [-0.15, -0.1) is 0 Å². The Labute approximate surface area is 833 Å². The zero-order valence-electron chi connectivity index (χ0n) is 77.8. The average Bonchev–Trinajstić information content (AvgIpc) is 0.734. The Bertz CT molecular complexity index is 9690. The van der Waals surface area contributed by atoms with Crippen molar-refractivity contribution in [2.24, 2.45) is 0 Å². The monoisotopic (exact) mass is 1870 g/mol. The van der Waals surface area contributed by atoms with E-state index >= 15 is 0 Å². The number of rotatable bonds is 12. The fraction of sp³-hybridized carbons (Fsp3) is 0. The number of pyridine rings is 10. The second kappa shape index (κ2) is 36.2. The largest absolute Gasteiger partial charge is 0.264 e. The predicted octanol–water partition coefficient (Wildman–Crippen LogP) is 29.7. The van der Waals surface area contributed by atoms with Crippen molar-refractivity contribution in [3.05, 3.63) is 456 Å². The Balaban J connectivity index is 0.000000109. The van der Waals surface area contributed by atoms with Gasteiger partial charge >= 0.3 is 0 Å². The van der Waals surface area contributed by atoms with Crippen LogP contribution in [0.15, 0.2) is 456 Å². The fourth-order valence-corrected chi connectivity index (χ4v) is 20.5. The first-order chi connectivity index (χ1) is 72.4. The summed E-state index contributed by atoms with van der Waals surface area (Å²) in [4.78, 5) is 93.4. The summed E-state index contributed by atoms with van der Waals surface area (Å²) in [7, 11) is 0. The summed E-state index contributed by atoms with van der Waals surface area (Å²) in [5.74, 6) is 4.57. The maximum absolute atomic E-state index is 5.32. The molecule has 19 nitrogen and oxygen atoms in total. The minimum absolute atomic E-state index is 0.446. The number of hydrogen-bond acceptors (Lipinski definition) is 19. The lowest BCUT2D eigenvalue weighted by Gasteiger charge is -2.15. The summed E-state index contributed by atoms with van der Waals surface area (Å²) in [6.07, 6.45) is 16.2. The highest BCUT2D eigenvalue weighted by Crippen LogP contribution is 2.47. The summed E-state index contributed by atoms with van der Waals surface area (Å²) in [5.41, 5.74) is 15.1. The van der Waals surface area contributed by atoms with Gasteiger partial charge in [-0.05, 0) is 137 Å². The van der Waals surface area contributed by atoms with E-state index in [2.05, 4.69) is 323 Å². The molecule has 29 aromatic rings. The van der Waals surface area contributed by atoms with Crippen LogP contribution in [0.25, 0.3) is 288 Å². The number of aromatic nitrogens is 19. The molecule has 13 aromatic heterocycles. The average molecular weight is 1870 g/mol. The van der Waals surface area contributed by atoms with E-state index in [4.69, 9.17) is 74.8 Å². The van der Waals surface area contributed by atoms with Crippen molar-refractivity contribution in [3.63, 3.8) is 0 Å². The van der Waals surface area contributed by atoms with Crippen molar-refractivity contribution in [1.82, 2.24) is 94.7 Å². The molecule has 0 unspecified atom stereocenters. The van der Waals surface area contributed by atoms with E-state index in [0.717, 1.165) is 159 Å². The van der Waals surface area contributed by atoms with E-state index in [1.165, 1.54) is 48.5 Å². The van der Waals surface area contributed by atoms with Crippen molar-refractivity contribution in [3.8, 4) is 137 Å². The second-order valence-electron chi connectivity index (χ2n) is 35.6. The first kappa shape index (κ1) is 84.9. The third-order valence-corrected chi connectivity index (χ3v) is 27.2. The Hall–Kier alpha value is -20.3. The quantitative estimate of drug-likeness (QED) is 0.103. The summed E-state index contributed by atoms with van der Waals surface area (Å²) in [6.45, 7) is 0. The van der Waals surface area contributed by atoms with E-state index in [1.807, 2.05) is 116 Å². The van der Waals surface area contributed by atoms with Gasteiger partial charge in [0.15, 0.2) is 52.4 Å². The molecule has 0 bridgehead atoms. The first-order valence-electron chi connectivity index (χ1n) is 48.1. The van der Waals surface area contributed by atoms with Gasteiger partial charge in [0.25, 0.3) is 0 Å². The lowest BCUT2D eigenvalue weighted by atomic mass is 9.94. The molecule has 0 radical (unpaired) electrons. The minimum atomic E-state index is 0.446. The first-order valence-corrected chi connectivity index (χ1v) is 48.1. The van der Waals surface area contributed by atoms with E-state index in [9.17, 15) is 0 Å². The maximum Gasteiger partial charge on any atom is 0.183 e. The maximum atomic E-state index is 5.32. The van der Waals surface area contributed by atoms with Crippen molar-refractivity contribution in [2.45, 2.75) is 0 Å². The van der Waals surface area contributed by atoms with Gasteiger partial charge in [-0.1, -0.05) is 334 Å². The van der Waals surface area contributed by atoms with Crippen LogP contribution in [0, 0.1) is 0 Å². The fourth-order valence-electron chi connectivity index (χ4n) is 20.5. The number of benzene rings is 16. The standard InChI is InChI=1S/C49H29N5.2C39H23N7/c1-4-18-33-30(13-1)16-11-24-38(33)47-52-48(39-25-12-17-31-14-2-5-19-34(31)39)54-49(53-47)46-37-22-8-7-21-36(37)42(29-50-46)45-41-28-27-32-15-3-6-20-35(32)44(41)40-23-9-10-26-43(40)51-45;1-2-12-25-24(11-1)19-20-29-34(25)28-15-5-6-16-31(28)43-35(29)30-23-42-36(27-14-4-3-13-26(27)30)39-45-37(32-17-7-9-21-40-32)44-38(46-39)33-18-8-10-22-41-33;1-2-12-27-24(9-1)17-18-31-34(27)30-15-5-6-16-33(30)43-35(31)32-23-42-36(29-14-4-3-13-28(29)32)39-45-37(25-10-7-19-40-21-25)44-38(46-39)26-11-8-20-41-22-26/h1-29H;2*1-23H. The van der Waals surface area contributed by atoms with Crippen molar-refractivity contribution in [2.75, 3.05) is 0 Å². The molecule has 0 fully saturated rings. The predicted molar refractivity (Wildman–Crippen MR) is 588 cm³/mol. The number of nitrogens with zero attached hydrogens (tertiary/aromatic N) is 19. The molecule has 0 aliphatic heterocycles. The molecule has 146 heavy (non-hydrogen) atoms. The van der Waals surface area contributed by atoms with Gasteiger partial charge in [0, 0.05) is 159 Å². The van der Waals surface area contributed by atoms with E-state index < -0.39 is 0 Å². The lowest BCUT2D eigenvalue weighted by Crippen LogP contribution is -2.03. The highest BCUT2D eigenvalue weighted by molar-refractivity contribution is 6.27. The van der Waals surface area contributed by atoms with Crippen LogP contribution < -0.4 is 0 Å². The molecule has 16 aromatic carbocycles. The molecule has 0 aliphatic rings. The van der Waals surface area contributed by atoms with E-state index in [1.54, 1.807) is 37.2 Å². The van der Waals surface area contributed by atoms with Crippen molar-refractivity contribution < 1.29 is 0 Å². The lowest BCUT2D eigenvalue weighted by molar-refractivity contribution is 1.04. The van der Waals surface area contributed by atoms with Crippen LogP contribution in [0.3, 0.4) is 0 Å². The molecular weight excluding hydrogens is 1790 g/mol. The molecule has 0 atom stereocenters. The third kappa shape index (κ3) is 15.1. The molecule has 678 valence electrons.